The fourth-order valence-electron chi connectivity index (χ4n) is 4.43. The van der Waals surface area contributed by atoms with Crippen molar-refractivity contribution in [3.05, 3.63) is 67.1 Å². The molecule has 4 aromatic rings. The maximum absolute atomic E-state index is 11.9. The Bertz CT molecular complexity index is 1270. The first-order chi connectivity index (χ1) is 14.7. The van der Waals surface area contributed by atoms with Gasteiger partial charge >= 0.3 is 0 Å². The lowest BCUT2D eigenvalue weighted by Gasteiger charge is -2.36. The van der Waals surface area contributed by atoms with Crippen LogP contribution in [0.25, 0.3) is 32.8 Å². The molecular weight excluding hydrogens is 374 g/mol. The number of aryl methyl sites for hydroxylation is 1. The van der Waals surface area contributed by atoms with Gasteiger partial charge in [0.05, 0.1) is 23.6 Å². The molecule has 0 saturated carbocycles. The van der Waals surface area contributed by atoms with Crippen molar-refractivity contribution in [3.8, 4) is 11.1 Å². The second kappa shape index (κ2) is 7.30. The molecule has 1 N–H and O–H groups in total. The van der Waals surface area contributed by atoms with Gasteiger partial charge in [-0.1, -0.05) is 30.8 Å². The van der Waals surface area contributed by atoms with Gasteiger partial charge in [0.1, 0.15) is 0 Å². The van der Waals surface area contributed by atoms with Crippen molar-refractivity contribution in [1.82, 2.24) is 20.1 Å². The van der Waals surface area contributed by atoms with E-state index in [1.807, 2.05) is 23.5 Å². The molecule has 1 fully saturated rings. The summed E-state index contributed by atoms with van der Waals surface area (Å²) in [6.45, 7) is 8.66. The highest BCUT2D eigenvalue weighted by molar-refractivity contribution is 6.08. The van der Waals surface area contributed by atoms with Gasteiger partial charge in [-0.2, -0.15) is 5.10 Å². The number of hydrogen-bond acceptors (Lipinski definition) is 4. The minimum atomic E-state index is -0.00309. The summed E-state index contributed by atoms with van der Waals surface area (Å²) in [7, 11) is 0. The zero-order valence-electron chi connectivity index (χ0n) is 16.9. The Hall–Kier alpha value is -3.67. The third-order valence-corrected chi connectivity index (χ3v) is 5.99. The number of benzene rings is 2. The molecule has 1 aliphatic heterocycles. The van der Waals surface area contributed by atoms with Gasteiger partial charge in [0.25, 0.3) is 0 Å². The molecule has 2 aromatic heterocycles. The van der Waals surface area contributed by atoms with Crippen molar-refractivity contribution in [1.29, 1.82) is 0 Å². The molecule has 2 aromatic carbocycles. The van der Waals surface area contributed by atoms with E-state index in [9.17, 15) is 4.79 Å². The van der Waals surface area contributed by atoms with Crippen molar-refractivity contribution in [2.75, 3.05) is 31.1 Å². The highest BCUT2D eigenvalue weighted by atomic mass is 16.2. The number of H-pyrrole nitrogens is 1. The van der Waals surface area contributed by atoms with Crippen LogP contribution >= 0.6 is 0 Å². The summed E-state index contributed by atoms with van der Waals surface area (Å²) < 4.78 is 0. The normalized spacial score (nSPS) is 14.4. The van der Waals surface area contributed by atoms with Gasteiger partial charge < -0.3 is 9.80 Å². The van der Waals surface area contributed by atoms with Crippen LogP contribution in [0.4, 0.5) is 5.69 Å². The number of amides is 1. The monoisotopic (exact) mass is 397 g/mol. The van der Waals surface area contributed by atoms with Crippen LogP contribution in [0.15, 0.2) is 61.6 Å². The van der Waals surface area contributed by atoms with Crippen molar-refractivity contribution in [2.45, 2.75) is 6.92 Å². The van der Waals surface area contributed by atoms with Gasteiger partial charge in [-0.3, -0.25) is 14.9 Å². The third kappa shape index (κ3) is 2.92. The minimum Gasteiger partial charge on any atom is -0.366 e. The first-order valence-electron chi connectivity index (χ1n) is 10.1. The van der Waals surface area contributed by atoms with Crippen molar-refractivity contribution in [3.63, 3.8) is 0 Å². The first-order valence-corrected chi connectivity index (χ1v) is 10.1. The molecule has 0 aliphatic carbocycles. The smallest absolute Gasteiger partial charge is 0.246 e. The van der Waals surface area contributed by atoms with E-state index in [0.29, 0.717) is 13.1 Å². The number of piperazine rings is 1. The molecule has 30 heavy (non-hydrogen) atoms. The number of rotatable bonds is 3. The van der Waals surface area contributed by atoms with Gasteiger partial charge in [-0.15, -0.1) is 0 Å². The van der Waals surface area contributed by atoms with Gasteiger partial charge in [0.2, 0.25) is 5.91 Å². The second-order valence-corrected chi connectivity index (χ2v) is 7.66. The number of carbonyl (C=O) groups excluding carboxylic acids is 1. The zero-order chi connectivity index (χ0) is 20.7. The van der Waals surface area contributed by atoms with E-state index < -0.39 is 0 Å². The molecule has 5 rings (SSSR count). The van der Waals surface area contributed by atoms with Crippen LogP contribution < -0.4 is 4.90 Å². The number of fused-ring (bicyclic) bond motifs is 2. The molecule has 150 valence electrons. The van der Waals surface area contributed by atoms with Crippen molar-refractivity contribution >= 4 is 33.3 Å². The lowest BCUT2D eigenvalue weighted by Crippen LogP contribution is -2.48. The van der Waals surface area contributed by atoms with E-state index in [4.69, 9.17) is 0 Å². The largest absolute Gasteiger partial charge is 0.366 e. The summed E-state index contributed by atoms with van der Waals surface area (Å²) in [6.07, 6.45) is 7.16. The fourth-order valence-corrected chi connectivity index (χ4v) is 4.43. The van der Waals surface area contributed by atoms with E-state index in [1.165, 1.54) is 22.6 Å². The number of nitrogens with zero attached hydrogens (tertiary/aromatic N) is 4. The average molecular weight is 397 g/mol. The SMILES string of the molecule is C=CC(=O)N1CCN(c2cncc3c(-c4c(C)ccc5[nH]ncc45)cccc23)CC1. The molecular formula is C24H23N5O. The van der Waals surface area contributed by atoms with Crippen LogP contribution in [0.5, 0.6) is 0 Å². The van der Waals surface area contributed by atoms with Gasteiger partial charge in [-0.25, -0.2) is 0 Å². The fraction of sp³-hybridized carbons (Fsp3) is 0.208. The lowest BCUT2D eigenvalue weighted by atomic mass is 9.93. The van der Waals surface area contributed by atoms with Gasteiger partial charge in [-0.05, 0) is 35.8 Å². The number of aromatic nitrogens is 3. The number of nitrogens with one attached hydrogen (secondary N) is 1. The molecule has 0 bridgehead atoms. The Morgan fingerprint density at radius 2 is 1.87 bits per heavy atom. The van der Waals surface area contributed by atoms with E-state index in [1.54, 1.807) is 0 Å². The standard InChI is InChI=1S/C24H23N5O/c1-3-23(30)29-11-9-28(10-12-29)22-15-25-13-19-17(22)5-4-6-18(19)24-16(2)7-8-21-20(24)14-26-27-21/h3-8,13-15H,1,9-12H2,2H3,(H,26,27). The van der Waals surface area contributed by atoms with Crippen LogP contribution in [0.1, 0.15) is 5.56 Å². The van der Waals surface area contributed by atoms with Gasteiger partial charge in [0.15, 0.2) is 0 Å². The van der Waals surface area contributed by atoms with E-state index in [2.05, 4.69) is 63.9 Å². The number of carbonyl (C=O) groups is 1. The number of hydrogen-bond donors (Lipinski definition) is 1. The van der Waals surface area contributed by atoms with Crippen molar-refractivity contribution in [2.24, 2.45) is 0 Å². The summed E-state index contributed by atoms with van der Waals surface area (Å²) >= 11 is 0. The Morgan fingerprint density at radius 1 is 1.03 bits per heavy atom. The molecule has 0 atom stereocenters. The Balaban J connectivity index is 1.60. The van der Waals surface area contributed by atoms with E-state index in [0.717, 1.165) is 40.6 Å². The first kappa shape index (κ1) is 18.4. The summed E-state index contributed by atoms with van der Waals surface area (Å²) in [4.78, 5) is 20.7. The van der Waals surface area contributed by atoms with Crippen LogP contribution in [0.2, 0.25) is 0 Å². The quantitative estimate of drug-likeness (QED) is 0.532. The minimum absolute atomic E-state index is 0.00309. The zero-order valence-corrected chi connectivity index (χ0v) is 16.9. The molecule has 1 saturated heterocycles. The molecule has 6 heteroatoms. The predicted octanol–water partition coefficient (Wildman–Crippen LogP) is 3.92. The molecule has 0 unspecified atom stereocenters. The van der Waals surface area contributed by atoms with Crippen LogP contribution in [-0.2, 0) is 4.79 Å². The van der Waals surface area contributed by atoms with Crippen molar-refractivity contribution < 1.29 is 4.79 Å². The molecule has 0 spiro atoms. The number of anilines is 1. The highest BCUT2D eigenvalue weighted by Crippen LogP contribution is 2.38. The maximum Gasteiger partial charge on any atom is 0.246 e. The molecule has 0 radical (unpaired) electrons. The molecule has 1 aliphatic rings. The topological polar surface area (TPSA) is 65.1 Å². The highest BCUT2D eigenvalue weighted by Gasteiger charge is 2.22. The predicted molar refractivity (Wildman–Crippen MR) is 121 cm³/mol. The van der Waals surface area contributed by atoms with Crippen LogP contribution in [-0.4, -0.2) is 52.2 Å². The second-order valence-electron chi connectivity index (χ2n) is 7.66. The van der Waals surface area contributed by atoms with E-state index in [-0.39, 0.29) is 5.91 Å². The Kier molecular flexibility index (Phi) is 4.47. The lowest BCUT2D eigenvalue weighted by molar-refractivity contribution is -0.126. The Morgan fingerprint density at radius 3 is 2.67 bits per heavy atom. The number of pyridine rings is 1. The molecule has 3 heterocycles. The molecule has 6 nitrogen and oxygen atoms in total. The maximum atomic E-state index is 11.9. The Labute approximate surface area is 174 Å². The summed E-state index contributed by atoms with van der Waals surface area (Å²) in [5.74, 6) is -0.00309. The average Bonchev–Trinajstić information content (AvgIpc) is 3.27. The third-order valence-electron chi connectivity index (χ3n) is 5.99. The summed E-state index contributed by atoms with van der Waals surface area (Å²) in [5, 5.41) is 10.7. The van der Waals surface area contributed by atoms with Gasteiger partial charge in [0, 0.05) is 48.5 Å². The summed E-state index contributed by atoms with van der Waals surface area (Å²) in [5.41, 5.74) is 5.69. The number of aromatic amines is 1. The van der Waals surface area contributed by atoms with Crippen LogP contribution in [0.3, 0.4) is 0 Å². The molecule has 1 amide bonds. The summed E-state index contributed by atoms with van der Waals surface area (Å²) in [6, 6.07) is 10.6. The van der Waals surface area contributed by atoms with Crippen LogP contribution in [0, 0.1) is 6.92 Å². The van der Waals surface area contributed by atoms with E-state index >= 15 is 0 Å².